The van der Waals surface area contributed by atoms with E-state index in [1.807, 2.05) is 48.5 Å². The number of pyridine rings is 1. The SMILES string of the molecule is COCc1ccc(C(=O)NCc2ccc(Oc3ccccc3OC)cc2)c(N)n1. The molecule has 150 valence electrons. The predicted molar refractivity (Wildman–Crippen MR) is 110 cm³/mol. The van der Waals surface area contributed by atoms with Gasteiger partial charge in [-0.15, -0.1) is 0 Å². The van der Waals surface area contributed by atoms with Gasteiger partial charge in [-0.05, 0) is 42.0 Å². The van der Waals surface area contributed by atoms with E-state index in [1.165, 1.54) is 0 Å². The Bertz CT molecular complexity index is 974. The highest BCUT2D eigenvalue weighted by atomic mass is 16.5. The molecule has 0 bridgehead atoms. The molecule has 3 N–H and O–H groups in total. The fourth-order valence-electron chi connectivity index (χ4n) is 2.72. The smallest absolute Gasteiger partial charge is 0.255 e. The molecule has 2 aromatic carbocycles. The van der Waals surface area contributed by atoms with Gasteiger partial charge in [0.2, 0.25) is 0 Å². The lowest BCUT2D eigenvalue weighted by Crippen LogP contribution is -2.24. The molecular formula is C22H23N3O4. The number of carbonyl (C=O) groups excluding carboxylic acids is 1. The first-order chi connectivity index (χ1) is 14.1. The molecule has 0 aliphatic carbocycles. The summed E-state index contributed by atoms with van der Waals surface area (Å²) >= 11 is 0. The maximum absolute atomic E-state index is 12.4. The average Bonchev–Trinajstić information content (AvgIpc) is 2.74. The van der Waals surface area contributed by atoms with E-state index in [9.17, 15) is 4.79 Å². The summed E-state index contributed by atoms with van der Waals surface area (Å²) in [4.78, 5) is 16.6. The Hall–Kier alpha value is -3.58. The van der Waals surface area contributed by atoms with E-state index in [1.54, 1.807) is 26.4 Å². The number of nitrogen functional groups attached to an aromatic ring is 1. The van der Waals surface area contributed by atoms with Crippen molar-refractivity contribution in [3.05, 3.63) is 77.5 Å². The molecular weight excluding hydrogens is 370 g/mol. The Balaban J connectivity index is 1.59. The Morgan fingerprint density at radius 1 is 1.00 bits per heavy atom. The van der Waals surface area contributed by atoms with Crippen LogP contribution >= 0.6 is 0 Å². The van der Waals surface area contributed by atoms with Gasteiger partial charge in [-0.3, -0.25) is 4.79 Å². The van der Waals surface area contributed by atoms with Crippen molar-refractivity contribution >= 4 is 11.7 Å². The topological polar surface area (TPSA) is 95.7 Å². The van der Waals surface area contributed by atoms with E-state index in [-0.39, 0.29) is 11.7 Å². The third kappa shape index (κ3) is 5.24. The van der Waals surface area contributed by atoms with Crippen LogP contribution < -0.4 is 20.5 Å². The molecule has 0 spiro atoms. The second-order valence-corrected chi connectivity index (χ2v) is 6.25. The lowest BCUT2D eigenvalue weighted by molar-refractivity contribution is 0.0951. The van der Waals surface area contributed by atoms with Crippen molar-refractivity contribution in [1.29, 1.82) is 0 Å². The van der Waals surface area contributed by atoms with Crippen molar-refractivity contribution in [3.63, 3.8) is 0 Å². The zero-order valence-corrected chi connectivity index (χ0v) is 16.3. The summed E-state index contributed by atoms with van der Waals surface area (Å²) in [6.45, 7) is 0.697. The molecule has 1 aromatic heterocycles. The van der Waals surface area contributed by atoms with E-state index in [0.29, 0.717) is 41.7 Å². The zero-order valence-electron chi connectivity index (χ0n) is 16.3. The molecule has 29 heavy (non-hydrogen) atoms. The van der Waals surface area contributed by atoms with Crippen molar-refractivity contribution in [2.24, 2.45) is 0 Å². The van der Waals surface area contributed by atoms with E-state index < -0.39 is 0 Å². The standard InChI is InChI=1S/C22H23N3O4/c1-27-14-16-9-12-18(21(23)25-16)22(26)24-13-15-7-10-17(11-8-15)29-20-6-4-3-5-19(20)28-2/h3-12H,13-14H2,1-2H3,(H2,23,25)(H,24,26). The first kappa shape index (κ1) is 20.2. The van der Waals surface area contributed by atoms with Crippen LogP contribution in [-0.4, -0.2) is 25.1 Å². The minimum absolute atomic E-state index is 0.178. The van der Waals surface area contributed by atoms with E-state index in [0.717, 1.165) is 5.56 Å². The molecule has 0 aliphatic heterocycles. The number of anilines is 1. The van der Waals surface area contributed by atoms with Crippen molar-refractivity contribution in [2.45, 2.75) is 13.2 Å². The molecule has 1 amide bonds. The number of nitrogens with zero attached hydrogens (tertiary/aromatic N) is 1. The van der Waals surface area contributed by atoms with Crippen molar-refractivity contribution < 1.29 is 19.0 Å². The summed E-state index contributed by atoms with van der Waals surface area (Å²) in [5.74, 6) is 1.86. The van der Waals surface area contributed by atoms with Crippen LogP contribution in [-0.2, 0) is 17.9 Å². The van der Waals surface area contributed by atoms with Crippen LogP contribution in [0.1, 0.15) is 21.6 Å². The van der Waals surface area contributed by atoms with E-state index in [4.69, 9.17) is 19.9 Å². The van der Waals surface area contributed by atoms with Crippen LogP contribution in [0.4, 0.5) is 5.82 Å². The van der Waals surface area contributed by atoms with Gasteiger partial charge < -0.3 is 25.3 Å². The highest BCUT2D eigenvalue weighted by Crippen LogP contribution is 2.30. The number of para-hydroxylation sites is 2. The molecule has 3 aromatic rings. The maximum atomic E-state index is 12.4. The highest BCUT2D eigenvalue weighted by molar-refractivity contribution is 5.98. The number of rotatable bonds is 8. The molecule has 0 fully saturated rings. The van der Waals surface area contributed by atoms with Gasteiger partial charge in [-0.2, -0.15) is 0 Å². The number of aromatic nitrogens is 1. The molecule has 0 aliphatic rings. The Morgan fingerprint density at radius 3 is 2.38 bits per heavy atom. The number of methoxy groups -OCH3 is 2. The van der Waals surface area contributed by atoms with Crippen LogP contribution in [0.25, 0.3) is 0 Å². The van der Waals surface area contributed by atoms with Crippen molar-refractivity contribution in [2.75, 3.05) is 20.0 Å². The largest absolute Gasteiger partial charge is 0.493 e. The normalized spacial score (nSPS) is 10.4. The molecule has 0 unspecified atom stereocenters. The molecule has 0 saturated heterocycles. The fraction of sp³-hybridized carbons (Fsp3) is 0.182. The Kier molecular flexibility index (Phi) is 6.65. The third-order valence-electron chi connectivity index (χ3n) is 4.19. The first-order valence-electron chi connectivity index (χ1n) is 9.03. The number of nitrogens with two attached hydrogens (primary N) is 1. The van der Waals surface area contributed by atoms with Crippen LogP contribution in [0.5, 0.6) is 17.2 Å². The van der Waals surface area contributed by atoms with Crippen molar-refractivity contribution in [1.82, 2.24) is 10.3 Å². The monoisotopic (exact) mass is 393 g/mol. The number of hydrogen-bond acceptors (Lipinski definition) is 6. The third-order valence-corrected chi connectivity index (χ3v) is 4.19. The highest BCUT2D eigenvalue weighted by Gasteiger charge is 2.11. The number of ether oxygens (including phenoxy) is 3. The molecule has 3 rings (SSSR count). The predicted octanol–water partition coefficient (Wildman–Crippen LogP) is 3.54. The fourth-order valence-corrected chi connectivity index (χ4v) is 2.72. The molecule has 7 heteroatoms. The number of benzene rings is 2. The molecule has 1 heterocycles. The van der Waals surface area contributed by atoms with Gasteiger partial charge in [0, 0.05) is 13.7 Å². The number of carbonyl (C=O) groups is 1. The lowest BCUT2D eigenvalue weighted by atomic mass is 10.2. The van der Waals surface area contributed by atoms with Crippen molar-refractivity contribution in [3.8, 4) is 17.2 Å². The lowest BCUT2D eigenvalue weighted by Gasteiger charge is -2.11. The summed E-state index contributed by atoms with van der Waals surface area (Å²) in [5.41, 5.74) is 7.82. The minimum atomic E-state index is -0.284. The number of hydrogen-bond donors (Lipinski definition) is 2. The summed E-state index contributed by atoms with van der Waals surface area (Å²) in [5, 5.41) is 2.84. The summed E-state index contributed by atoms with van der Waals surface area (Å²) in [6.07, 6.45) is 0. The summed E-state index contributed by atoms with van der Waals surface area (Å²) in [6, 6.07) is 18.2. The summed E-state index contributed by atoms with van der Waals surface area (Å²) in [7, 11) is 3.17. The van der Waals surface area contributed by atoms with Gasteiger partial charge in [-0.1, -0.05) is 24.3 Å². The second-order valence-electron chi connectivity index (χ2n) is 6.25. The maximum Gasteiger partial charge on any atom is 0.255 e. The van der Waals surface area contributed by atoms with Crippen LogP contribution in [0.15, 0.2) is 60.7 Å². The van der Waals surface area contributed by atoms with E-state index >= 15 is 0 Å². The molecule has 7 nitrogen and oxygen atoms in total. The number of amides is 1. The zero-order chi connectivity index (χ0) is 20.6. The average molecular weight is 393 g/mol. The van der Waals surface area contributed by atoms with Crippen LogP contribution in [0, 0.1) is 0 Å². The second kappa shape index (κ2) is 9.57. The number of nitrogens with one attached hydrogen (secondary N) is 1. The van der Waals surface area contributed by atoms with E-state index in [2.05, 4.69) is 10.3 Å². The Labute approximate surface area is 169 Å². The van der Waals surface area contributed by atoms with Gasteiger partial charge in [0.05, 0.1) is 25.0 Å². The van der Waals surface area contributed by atoms with Gasteiger partial charge in [0.25, 0.3) is 5.91 Å². The van der Waals surface area contributed by atoms with Gasteiger partial charge >= 0.3 is 0 Å². The van der Waals surface area contributed by atoms with Gasteiger partial charge in [-0.25, -0.2) is 4.98 Å². The van der Waals surface area contributed by atoms with Crippen LogP contribution in [0.3, 0.4) is 0 Å². The molecule has 0 saturated carbocycles. The van der Waals surface area contributed by atoms with Crippen LogP contribution in [0.2, 0.25) is 0 Å². The molecule has 0 radical (unpaired) electrons. The summed E-state index contributed by atoms with van der Waals surface area (Å²) < 4.78 is 16.1. The quantitative estimate of drug-likeness (QED) is 0.608. The molecule has 0 atom stereocenters. The first-order valence-corrected chi connectivity index (χ1v) is 9.03. The van der Waals surface area contributed by atoms with Gasteiger partial charge in [0.15, 0.2) is 11.5 Å². The van der Waals surface area contributed by atoms with Gasteiger partial charge in [0.1, 0.15) is 11.6 Å². The minimum Gasteiger partial charge on any atom is -0.493 e. The Morgan fingerprint density at radius 2 is 1.72 bits per heavy atom.